The number of carbonyl (C=O) groups excluding carboxylic acids is 1. The summed E-state index contributed by atoms with van der Waals surface area (Å²) in [4.78, 5) is 20.6. The predicted molar refractivity (Wildman–Crippen MR) is 121 cm³/mol. The number of hydrogen-bond acceptors (Lipinski definition) is 3. The Bertz CT molecular complexity index is 793. The first-order valence-electron chi connectivity index (χ1n) is 8.31. The highest BCUT2D eigenvalue weighted by Crippen LogP contribution is 2.21. The van der Waals surface area contributed by atoms with Crippen molar-refractivity contribution in [2.24, 2.45) is 4.99 Å². The molecule has 27 heavy (non-hydrogen) atoms. The SMILES string of the molecule is CN=C(NCc1ccc(Br)cc1Cl)N1CCN(C(=O)c2ccco2)CC1.I. The molecule has 6 nitrogen and oxygen atoms in total. The Morgan fingerprint density at radius 1 is 1.26 bits per heavy atom. The summed E-state index contributed by atoms with van der Waals surface area (Å²) in [5.74, 6) is 1.11. The van der Waals surface area contributed by atoms with Gasteiger partial charge in [0.1, 0.15) is 0 Å². The summed E-state index contributed by atoms with van der Waals surface area (Å²) in [6, 6.07) is 9.23. The molecule has 0 spiro atoms. The molecule has 1 amide bonds. The molecule has 1 aliphatic rings. The zero-order valence-corrected chi connectivity index (χ0v) is 19.5. The lowest BCUT2D eigenvalue weighted by molar-refractivity contribution is 0.0657. The number of aliphatic imine (C=N–C) groups is 1. The second-order valence-corrected chi connectivity index (χ2v) is 7.22. The number of furan rings is 1. The Labute approximate surface area is 189 Å². The molecule has 1 aliphatic heterocycles. The van der Waals surface area contributed by atoms with Crippen LogP contribution in [0.2, 0.25) is 5.02 Å². The van der Waals surface area contributed by atoms with E-state index in [-0.39, 0.29) is 29.9 Å². The largest absolute Gasteiger partial charge is 0.459 e. The minimum absolute atomic E-state index is 0. The Balaban J connectivity index is 0.00000261. The molecular weight excluding hydrogens is 546 g/mol. The summed E-state index contributed by atoms with van der Waals surface area (Å²) >= 11 is 9.68. The van der Waals surface area contributed by atoms with Gasteiger partial charge in [0, 0.05) is 49.3 Å². The van der Waals surface area contributed by atoms with E-state index in [1.807, 2.05) is 18.2 Å². The molecule has 1 N–H and O–H groups in total. The van der Waals surface area contributed by atoms with Crippen molar-refractivity contribution in [3.8, 4) is 0 Å². The van der Waals surface area contributed by atoms with Gasteiger partial charge in [-0.1, -0.05) is 33.6 Å². The summed E-state index contributed by atoms with van der Waals surface area (Å²) in [7, 11) is 1.76. The van der Waals surface area contributed by atoms with Crippen LogP contribution in [-0.2, 0) is 6.54 Å². The van der Waals surface area contributed by atoms with Gasteiger partial charge in [-0.3, -0.25) is 9.79 Å². The molecule has 2 heterocycles. The number of rotatable bonds is 3. The van der Waals surface area contributed by atoms with Crippen molar-refractivity contribution >= 4 is 63.4 Å². The van der Waals surface area contributed by atoms with Gasteiger partial charge in [-0.2, -0.15) is 0 Å². The fourth-order valence-electron chi connectivity index (χ4n) is 2.85. The lowest BCUT2D eigenvalue weighted by Crippen LogP contribution is -2.53. The maximum atomic E-state index is 12.3. The van der Waals surface area contributed by atoms with Gasteiger partial charge in [0.05, 0.1) is 6.26 Å². The summed E-state index contributed by atoms with van der Waals surface area (Å²) in [5, 5.41) is 4.05. The minimum atomic E-state index is -0.0701. The molecular formula is C18H21BrClIN4O2. The van der Waals surface area contributed by atoms with Crippen molar-refractivity contribution in [2.45, 2.75) is 6.54 Å². The molecule has 3 rings (SSSR count). The van der Waals surface area contributed by atoms with Crippen molar-refractivity contribution in [1.29, 1.82) is 0 Å². The number of hydrogen-bond donors (Lipinski definition) is 1. The number of guanidine groups is 1. The van der Waals surface area contributed by atoms with Crippen molar-refractivity contribution < 1.29 is 9.21 Å². The van der Waals surface area contributed by atoms with E-state index in [1.165, 1.54) is 6.26 Å². The van der Waals surface area contributed by atoms with E-state index in [2.05, 4.69) is 31.1 Å². The van der Waals surface area contributed by atoms with Crippen LogP contribution < -0.4 is 5.32 Å². The number of halogens is 3. The maximum Gasteiger partial charge on any atom is 0.289 e. The van der Waals surface area contributed by atoms with E-state index >= 15 is 0 Å². The first kappa shape index (κ1) is 22.0. The molecule has 0 unspecified atom stereocenters. The average Bonchev–Trinajstić information content (AvgIpc) is 3.18. The van der Waals surface area contributed by atoms with Crippen LogP contribution in [0, 0.1) is 0 Å². The predicted octanol–water partition coefficient (Wildman–Crippen LogP) is 3.85. The van der Waals surface area contributed by atoms with Crippen LogP contribution in [-0.4, -0.2) is 54.9 Å². The zero-order valence-electron chi connectivity index (χ0n) is 14.8. The van der Waals surface area contributed by atoms with Crippen LogP contribution in [0.15, 0.2) is 50.5 Å². The number of amides is 1. The van der Waals surface area contributed by atoms with E-state index in [1.54, 1.807) is 24.1 Å². The molecule has 0 radical (unpaired) electrons. The van der Waals surface area contributed by atoms with Crippen LogP contribution in [0.3, 0.4) is 0 Å². The molecule has 2 aromatic rings. The molecule has 146 valence electrons. The van der Waals surface area contributed by atoms with E-state index < -0.39 is 0 Å². The smallest absolute Gasteiger partial charge is 0.289 e. The van der Waals surface area contributed by atoms with Crippen molar-refractivity contribution in [3.63, 3.8) is 0 Å². The molecule has 1 fully saturated rings. The van der Waals surface area contributed by atoms with Crippen LogP contribution in [0.4, 0.5) is 0 Å². The van der Waals surface area contributed by atoms with E-state index in [0.29, 0.717) is 43.5 Å². The normalized spacial score (nSPS) is 14.7. The molecule has 0 bridgehead atoms. The van der Waals surface area contributed by atoms with Crippen molar-refractivity contribution in [2.75, 3.05) is 33.2 Å². The zero-order chi connectivity index (χ0) is 18.5. The monoisotopic (exact) mass is 566 g/mol. The lowest BCUT2D eigenvalue weighted by atomic mass is 10.2. The molecule has 9 heteroatoms. The molecule has 1 saturated heterocycles. The third-order valence-electron chi connectivity index (χ3n) is 4.26. The van der Waals surface area contributed by atoms with Crippen LogP contribution in [0.5, 0.6) is 0 Å². The van der Waals surface area contributed by atoms with E-state index in [0.717, 1.165) is 16.0 Å². The fraction of sp³-hybridized carbons (Fsp3) is 0.333. The molecule has 0 aliphatic carbocycles. The number of nitrogens with one attached hydrogen (secondary N) is 1. The van der Waals surface area contributed by atoms with Gasteiger partial charge in [-0.15, -0.1) is 24.0 Å². The highest BCUT2D eigenvalue weighted by atomic mass is 127. The van der Waals surface area contributed by atoms with Gasteiger partial charge < -0.3 is 19.5 Å². The highest BCUT2D eigenvalue weighted by molar-refractivity contribution is 14.0. The third-order valence-corrected chi connectivity index (χ3v) is 5.11. The maximum absolute atomic E-state index is 12.3. The highest BCUT2D eigenvalue weighted by Gasteiger charge is 2.25. The second kappa shape index (κ2) is 10.3. The minimum Gasteiger partial charge on any atom is -0.459 e. The van der Waals surface area contributed by atoms with E-state index in [9.17, 15) is 4.79 Å². The van der Waals surface area contributed by atoms with Crippen LogP contribution in [0.25, 0.3) is 0 Å². The molecule has 0 saturated carbocycles. The summed E-state index contributed by atoms with van der Waals surface area (Å²) in [6.45, 7) is 3.25. The summed E-state index contributed by atoms with van der Waals surface area (Å²) in [5.41, 5.74) is 1.00. The average molecular weight is 568 g/mol. The van der Waals surface area contributed by atoms with Gasteiger partial charge >= 0.3 is 0 Å². The topological polar surface area (TPSA) is 61.1 Å². The van der Waals surface area contributed by atoms with Crippen molar-refractivity contribution in [1.82, 2.24) is 15.1 Å². The van der Waals surface area contributed by atoms with Gasteiger partial charge in [-0.05, 0) is 29.8 Å². The summed E-state index contributed by atoms with van der Waals surface area (Å²) in [6.07, 6.45) is 1.52. The second-order valence-electron chi connectivity index (χ2n) is 5.89. The first-order chi connectivity index (χ1) is 12.6. The number of piperazine rings is 1. The lowest BCUT2D eigenvalue weighted by Gasteiger charge is -2.36. The Hall–Kier alpha value is -1.26. The van der Waals surface area contributed by atoms with Gasteiger partial charge in [0.25, 0.3) is 5.91 Å². The Kier molecular flexibility index (Phi) is 8.43. The molecule has 0 atom stereocenters. The number of nitrogens with zero attached hydrogens (tertiary/aromatic N) is 3. The Morgan fingerprint density at radius 2 is 1.96 bits per heavy atom. The van der Waals surface area contributed by atoms with Gasteiger partial charge in [0.2, 0.25) is 0 Å². The van der Waals surface area contributed by atoms with Gasteiger partial charge in [0.15, 0.2) is 11.7 Å². The van der Waals surface area contributed by atoms with Crippen LogP contribution >= 0.6 is 51.5 Å². The fourth-order valence-corrected chi connectivity index (χ4v) is 3.59. The summed E-state index contributed by atoms with van der Waals surface area (Å²) < 4.78 is 6.15. The Morgan fingerprint density at radius 3 is 2.56 bits per heavy atom. The number of benzene rings is 1. The molecule has 1 aromatic heterocycles. The molecule has 1 aromatic carbocycles. The first-order valence-corrected chi connectivity index (χ1v) is 9.48. The van der Waals surface area contributed by atoms with Crippen LogP contribution in [0.1, 0.15) is 16.1 Å². The standard InChI is InChI=1S/C18H20BrClN4O2.HI/c1-21-18(22-12-13-4-5-14(19)11-15(13)20)24-8-6-23(7-9-24)17(25)16-3-2-10-26-16;/h2-5,10-11H,6-9,12H2,1H3,(H,21,22);1H. The third kappa shape index (κ3) is 5.61. The number of carbonyl (C=O) groups is 1. The van der Waals surface area contributed by atoms with Crippen molar-refractivity contribution in [3.05, 3.63) is 57.4 Å². The van der Waals surface area contributed by atoms with E-state index in [4.69, 9.17) is 16.0 Å². The quantitative estimate of drug-likeness (QED) is 0.348. The van der Waals surface area contributed by atoms with Gasteiger partial charge in [-0.25, -0.2) is 0 Å².